The molecule has 1 saturated heterocycles. The van der Waals surface area contributed by atoms with E-state index < -0.39 is 23.2 Å². The van der Waals surface area contributed by atoms with E-state index in [9.17, 15) is 19.1 Å². The van der Waals surface area contributed by atoms with Crippen LogP contribution in [0.5, 0.6) is 0 Å². The van der Waals surface area contributed by atoms with E-state index in [0.717, 1.165) is 0 Å². The third-order valence-electron chi connectivity index (χ3n) is 4.34. The molecule has 1 aliphatic rings. The maximum atomic E-state index is 14.1. The van der Waals surface area contributed by atoms with Crippen LogP contribution in [0.1, 0.15) is 44.5 Å². The first-order valence-electron chi connectivity index (χ1n) is 8.18. The van der Waals surface area contributed by atoms with Crippen molar-refractivity contribution >= 4 is 17.5 Å². The van der Waals surface area contributed by atoms with Crippen molar-refractivity contribution < 1.29 is 19.1 Å². The highest BCUT2D eigenvalue weighted by Gasteiger charge is 2.29. The first kappa shape index (κ1) is 18.4. The SMILES string of the molecule is CC1CCN(C(=O)c2cc(NC(=O)C(C)(C)C)ccc2F)CC1O. The van der Waals surface area contributed by atoms with Crippen LogP contribution in [0.25, 0.3) is 0 Å². The third-order valence-corrected chi connectivity index (χ3v) is 4.34. The summed E-state index contributed by atoms with van der Waals surface area (Å²) in [7, 11) is 0. The number of carbonyl (C=O) groups excluding carboxylic acids is 2. The zero-order valence-corrected chi connectivity index (χ0v) is 14.6. The van der Waals surface area contributed by atoms with E-state index in [1.165, 1.54) is 23.1 Å². The highest BCUT2D eigenvalue weighted by molar-refractivity contribution is 5.98. The molecular weight excluding hydrogens is 311 g/mol. The summed E-state index contributed by atoms with van der Waals surface area (Å²) in [6, 6.07) is 3.96. The fraction of sp³-hybridized carbons (Fsp3) is 0.556. The van der Waals surface area contributed by atoms with Gasteiger partial charge in [-0.1, -0.05) is 27.7 Å². The molecule has 1 aromatic rings. The summed E-state index contributed by atoms with van der Waals surface area (Å²) >= 11 is 0. The normalized spacial score (nSPS) is 21.5. The molecule has 0 radical (unpaired) electrons. The molecule has 24 heavy (non-hydrogen) atoms. The van der Waals surface area contributed by atoms with Crippen LogP contribution in [-0.4, -0.2) is 41.0 Å². The predicted molar refractivity (Wildman–Crippen MR) is 90.2 cm³/mol. The lowest BCUT2D eigenvalue weighted by molar-refractivity contribution is -0.123. The lowest BCUT2D eigenvalue weighted by Gasteiger charge is -2.34. The molecule has 1 aliphatic heterocycles. The summed E-state index contributed by atoms with van der Waals surface area (Å²) in [5.74, 6) is -1.20. The van der Waals surface area contributed by atoms with Crippen LogP contribution in [0, 0.1) is 17.2 Å². The monoisotopic (exact) mass is 336 g/mol. The molecule has 6 heteroatoms. The number of likely N-dealkylation sites (tertiary alicyclic amines) is 1. The maximum Gasteiger partial charge on any atom is 0.256 e. The quantitative estimate of drug-likeness (QED) is 0.872. The minimum absolute atomic E-state index is 0.0940. The maximum absolute atomic E-state index is 14.1. The van der Waals surface area contributed by atoms with Crippen molar-refractivity contribution in [3.63, 3.8) is 0 Å². The second-order valence-corrected chi connectivity index (χ2v) is 7.48. The van der Waals surface area contributed by atoms with Gasteiger partial charge in [0.15, 0.2) is 0 Å². The first-order valence-corrected chi connectivity index (χ1v) is 8.18. The Hall–Kier alpha value is -1.95. The zero-order valence-electron chi connectivity index (χ0n) is 14.6. The van der Waals surface area contributed by atoms with Gasteiger partial charge in [-0.2, -0.15) is 0 Å². The summed E-state index contributed by atoms with van der Waals surface area (Å²) in [5.41, 5.74) is -0.305. The molecule has 2 unspecified atom stereocenters. The van der Waals surface area contributed by atoms with Crippen LogP contribution < -0.4 is 5.32 Å². The number of anilines is 1. The molecule has 2 atom stereocenters. The Balaban J connectivity index is 2.19. The first-order chi connectivity index (χ1) is 11.1. The number of β-amino-alcohol motifs (C(OH)–C–C–N with tert-alkyl or cyclic N) is 1. The van der Waals surface area contributed by atoms with E-state index in [-0.39, 0.29) is 23.9 Å². The lowest BCUT2D eigenvalue weighted by atomic mass is 9.95. The third kappa shape index (κ3) is 4.12. The summed E-state index contributed by atoms with van der Waals surface area (Å²) in [5, 5.41) is 12.6. The molecule has 1 aromatic carbocycles. The number of amides is 2. The van der Waals surface area contributed by atoms with Crippen molar-refractivity contribution in [1.82, 2.24) is 4.90 Å². The number of nitrogens with one attached hydrogen (secondary N) is 1. The molecule has 0 aromatic heterocycles. The molecule has 0 bridgehead atoms. The number of rotatable bonds is 2. The summed E-state index contributed by atoms with van der Waals surface area (Å²) in [6.07, 6.45) is 0.0733. The summed E-state index contributed by atoms with van der Waals surface area (Å²) in [6.45, 7) is 7.92. The molecule has 1 heterocycles. The Morgan fingerprint density at radius 1 is 1.33 bits per heavy atom. The number of aliphatic hydroxyl groups excluding tert-OH is 1. The average Bonchev–Trinajstić information content (AvgIpc) is 2.50. The second kappa shape index (κ2) is 6.89. The highest BCUT2D eigenvalue weighted by atomic mass is 19.1. The Morgan fingerprint density at radius 2 is 2.00 bits per heavy atom. The lowest BCUT2D eigenvalue weighted by Crippen LogP contribution is -2.46. The molecule has 2 amide bonds. The smallest absolute Gasteiger partial charge is 0.256 e. The van der Waals surface area contributed by atoms with Gasteiger partial charge >= 0.3 is 0 Å². The van der Waals surface area contributed by atoms with Crippen molar-refractivity contribution in [2.75, 3.05) is 18.4 Å². The van der Waals surface area contributed by atoms with Crippen molar-refractivity contribution in [2.24, 2.45) is 11.3 Å². The Kier molecular flexibility index (Phi) is 5.28. The molecular formula is C18H25FN2O3. The van der Waals surface area contributed by atoms with Gasteiger partial charge in [0.1, 0.15) is 5.82 Å². The number of piperidine rings is 1. The molecule has 2 rings (SSSR count). The number of carbonyl (C=O) groups is 2. The van der Waals surface area contributed by atoms with Gasteiger partial charge in [0.05, 0.1) is 11.7 Å². The number of hydrogen-bond donors (Lipinski definition) is 2. The van der Waals surface area contributed by atoms with E-state index in [1.807, 2.05) is 6.92 Å². The molecule has 132 valence electrons. The number of benzene rings is 1. The van der Waals surface area contributed by atoms with Gasteiger partial charge in [0, 0.05) is 24.2 Å². The molecule has 0 saturated carbocycles. The van der Waals surface area contributed by atoms with Gasteiger partial charge in [-0.25, -0.2) is 4.39 Å². The van der Waals surface area contributed by atoms with Crippen LogP contribution >= 0.6 is 0 Å². The fourth-order valence-corrected chi connectivity index (χ4v) is 2.49. The van der Waals surface area contributed by atoms with E-state index in [2.05, 4.69) is 5.32 Å². The van der Waals surface area contributed by atoms with Gasteiger partial charge in [0.2, 0.25) is 5.91 Å². The van der Waals surface area contributed by atoms with Crippen LogP contribution in [0.4, 0.5) is 10.1 Å². The topological polar surface area (TPSA) is 69.6 Å². The van der Waals surface area contributed by atoms with Gasteiger partial charge < -0.3 is 15.3 Å². The molecule has 0 spiro atoms. The van der Waals surface area contributed by atoms with Gasteiger partial charge in [-0.05, 0) is 30.5 Å². The summed E-state index contributed by atoms with van der Waals surface area (Å²) in [4.78, 5) is 26.1. The van der Waals surface area contributed by atoms with Crippen molar-refractivity contribution in [3.05, 3.63) is 29.6 Å². The second-order valence-electron chi connectivity index (χ2n) is 7.48. The number of aliphatic hydroxyl groups is 1. The molecule has 1 fully saturated rings. The van der Waals surface area contributed by atoms with Crippen LogP contribution in [0.15, 0.2) is 18.2 Å². The number of nitrogens with zero attached hydrogens (tertiary/aromatic N) is 1. The minimum atomic E-state index is -0.637. The van der Waals surface area contributed by atoms with E-state index >= 15 is 0 Å². The fourth-order valence-electron chi connectivity index (χ4n) is 2.49. The number of hydrogen-bond acceptors (Lipinski definition) is 3. The van der Waals surface area contributed by atoms with Gasteiger partial charge in [0.25, 0.3) is 5.91 Å². The van der Waals surface area contributed by atoms with E-state index in [1.54, 1.807) is 20.8 Å². The van der Waals surface area contributed by atoms with Crippen molar-refractivity contribution in [1.29, 1.82) is 0 Å². The van der Waals surface area contributed by atoms with E-state index in [4.69, 9.17) is 0 Å². The Bertz CT molecular complexity index is 640. The standard InChI is InChI=1S/C18H25FN2O3/c1-11-7-8-21(10-15(11)22)16(23)13-9-12(5-6-14(13)19)20-17(24)18(2,3)4/h5-6,9,11,15,22H,7-8,10H2,1-4H3,(H,20,24). The number of halogens is 1. The largest absolute Gasteiger partial charge is 0.391 e. The van der Waals surface area contributed by atoms with Gasteiger partial charge in [-0.15, -0.1) is 0 Å². The predicted octanol–water partition coefficient (Wildman–Crippen LogP) is 2.65. The molecule has 2 N–H and O–H groups in total. The minimum Gasteiger partial charge on any atom is -0.391 e. The molecule has 5 nitrogen and oxygen atoms in total. The zero-order chi connectivity index (χ0) is 18.1. The van der Waals surface area contributed by atoms with Crippen molar-refractivity contribution in [3.8, 4) is 0 Å². The highest BCUT2D eigenvalue weighted by Crippen LogP contribution is 2.23. The molecule has 0 aliphatic carbocycles. The summed E-state index contributed by atoms with van der Waals surface area (Å²) < 4.78 is 14.1. The van der Waals surface area contributed by atoms with Crippen LogP contribution in [0.2, 0.25) is 0 Å². The Labute approximate surface area is 141 Å². The van der Waals surface area contributed by atoms with Crippen molar-refractivity contribution in [2.45, 2.75) is 40.2 Å². The van der Waals surface area contributed by atoms with Gasteiger partial charge in [-0.3, -0.25) is 9.59 Å². The Morgan fingerprint density at radius 3 is 2.58 bits per heavy atom. The van der Waals surface area contributed by atoms with Crippen LogP contribution in [0.3, 0.4) is 0 Å². The van der Waals surface area contributed by atoms with E-state index in [0.29, 0.717) is 18.7 Å². The average molecular weight is 336 g/mol. The van der Waals surface area contributed by atoms with Crippen LogP contribution in [-0.2, 0) is 4.79 Å².